The number of hydrogen-bond donors (Lipinski definition) is 1. The molecule has 0 bridgehead atoms. The van der Waals surface area contributed by atoms with Crippen LogP contribution in [0.1, 0.15) is 39.2 Å². The van der Waals surface area contributed by atoms with E-state index >= 15 is 0 Å². The van der Waals surface area contributed by atoms with Crippen LogP contribution in [0.25, 0.3) is 0 Å². The number of benzene rings is 1. The number of likely N-dealkylation sites (tertiary alicyclic amines) is 1. The summed E-state index contributed by atoms with van der Waals surface area (Å²) in [5.74, 6) is -0.118. The van der Waals surface area contributed by atoms with E-state index in [0.717, 1.165) is 18.4 Å². The molecule has 132 valence electrons. The van der Waals surface area contributed by atoms with Crippen LogP contribution in [-0.2, 0) is 16.0 Å². The molecule has 0 saturated carbocycles. The van der Waals surface area contributed by atoms with Crippen LogP contribution in [0.5, 0.6) is 0 Å². The van der Waals surface area contributed by atoms with E-state index in [-0.39, 0.29) is 5.91 Å². The van der Waals surface area contributed by atoms with Gasteiger partial charge in [-0.3, -0.25) is 9.69 Å². The number of nitrogens with zero attached hydrogens (tertiary/aromatic N) is 1. The summed E-state index contributed by atoms with van der Waals surface area (Å²) in [6.07, 6.45) is 1.79. The third kappa shape index (κ3) is 5.41. The number of halogens is 1. The van der Waals surface area contributed by atoms with Gasteiger partial charge >= 0.3 is 6.09 Å². The second-order valence-corrected chi connectivity index (χ2v) is 7.44. The van der Waals surface area contributed by atoms with Crippen LogP contribution < -0.4 is 5.32 Å². The predicted octanol–water partition coefficient (Wildman–Crippen LogP) is 3.40. The van der Waals surface area contributed by atoms with Crippen molar-refractivity contribution in [3.8, 4) is 0 Å². The van der Waals surface area contributed by atoms with Gasteiger partial charge in [0.15, 0.2) is 0 Å². The van der Waals surface area contributed by atoms with E-state index in [0.29, 0.717) is 24.5 Å². The van der Waals surface area contributed by atoms with Crippen molar-refractivity contribution in [2.75, 3.05) is 13.1 Å². The van der Waals surface area contributed by atoms with Crippen molar-refractivity contribution in [2.45, 2.75) is 51.7 Å². The van der Waals surface area contributed by atoms with Gasteiger partial charge in [-0.15, -0.1) is 0 Å². The van der Waals surface area contributed by atoms with Crippen LogP contribution >= 0.6 is 11.6 Å². The highest BCUT2D eigenvalue weighted by Gasteiger charge is 2.36. The zero-order valence-electron chi connectivity index (χ0n) is 14.5. The van der Waals surface area contributed by atoms with Crippen LogP contribution in [0.15, 0.2) is 24.3 Å². The molecular formula is C18H25ClN2O3. The molecule has 0 spiro atoms. The van der Waals surface area contributed by atoms with E-state index in [1.807, 2.05) is 45.0 Å². The zero-order chi connectivity index (χ0) is 17.7. The van der Waals surface area contributed by atoms with Gasteiger partial charge in [0, 0.05) is 18.1 Å². The molecule has 6 heteroatoms. The normalized spacial score (nSPS) is 17.7. The van der Waals surface area contributed by atoms with Crippen LogP contribution in [0, 0.1) is 0 Å². The number of hydrogen-bond acceptors (Lipinski definition) is 3. The van der Waals surface area contributed by atoms with Gasteiger partial charge in [0.2, 0.25) is 5.91 Å². The van der Waals surface area contributed by atoms with Gasteiger partial charge < -0.3 is 10.1 Å². The van der Waals surface area contributed by atoms with Gasteiger partial charge in [-0.2, -0.15) is 0 Å². The van der Waals surface area contributed by atoms with Crippen LogP contribution in [0.3, 0.4) is 0 Å². The number of amides is 2. The van der Waals surface area contributed by atoms with Gasteiger partial charge in [0.1, 0.15) is 11.6 Å². The van der Waals surface area contributed by atoms with Crippen LogP contribution in [0.2, 0.25) is 5.02 Å². The van der Waals surface area contributed by atoms with E-state index in [2.05, 4.69) is 5.32 Å². The van der Waals surface area contributed by atoms with Gasteiger partial charge in [0.05, 0.1) is 0 Å². The monoisotopic (exact) mass is 352 g/mol. The summed E-state index contributed by atoms with van der Waals surface area (Å²) in [5, 5.41) is 3.61. The molecule has 5 nitrogen and oxygen atoms in total. The number of carbonyl (C=O) groups excluding carboxylic acids is 2. The number of nitrogens with one attached hydrogen (secondary N) is 1. The molecule has 2 rings (SSSR count). The van der Waals surface area contributed by atoms with Crippen molar-refractivity contribution in [1.82, 2.24) is 10.2 Å². The first kappa shape index (κ1) is 18.6. The van der Waals surface area contributed by atoms with Crippen molar-refractivity contribution in [3.63, 3.8) is 0 Å². The molecule has 1 aromatic carbocycles. The van der Waals surface area contributed by atoms with E-state index in [9.17, 15) is 9.59 Å². The fourth-order valence-corrected chi connectivity index (χ4v) is 2.80. The molecule has 2 amide bonds. The molecule has 1 fully saturated rings. The quantitative estimate of drug-likeness (QED) is 0.903. The van der Waals surface area contributed by atoms with Gasteiger partial charge in [0.25, 0.3) is 0 Å². The molecule has 0 aromatic heterocycles. The van der Waals surface area contributed by atoms with Crippen molar-refractivity contribution in [3.05, 3.63) is 34.9 Å². The Hall–Kier alpha value is -1.75. The Morgan fingerprint density at radius 2 is 1.96 bits per heavy atom. The third-order valence-corrected chi connectivity index (χ3v) is 4.06. The Bertz CT molecular complexity index is 581. The highest BCUT2D eigenvalue weighted by atomic mass is 35.5. The minimum absolute atomic E-state index is 0.118. The second kappa shape index (κ2) is 7.88. The first-order valence-electron chi connectivity index (χ1n) is 8.28. The smallest absolute Gasteiger partial charge is 0.410 e. The van der Waals surface area contributed by atoms with Gasteiger partial charge in [-0.1, -0.05) is 23.7 Å². The molecule has 1 atom stereocenters. The Balaban J connectivity index is 1.84. The van der Waals surface area contributed by atoms with Crippen molar-refractivity contribution in [1.29, 1.82) is 0 Å². The summed E-state index contributed by atoms with van der Waals surface area (Å²) in [6, 6.07) is 7.11. The molecule has 1 aliphatic heterocycles. The molecule has 0 radical (unpaired) electrons. The van der Waals surface area contributed by atoms with E-state index in [4.69, 9.17) is 16.3 Å². The maximum atomic E-state index is 12.4. The average Bonchev–Trinajstić information content (AvgIpc) is 2.97. The molecule has 1 N–H and O–H groups in total. The molecule has 1 saturated heterocycles. The minimum Gasteiger partial charge on any atom is -0.444 e. The number of carbonyl (C=O) groups is 2. The maximum Gasteiger partial charge on any atom is 0.410 e. The first-order chi connectivity index (χ1) is 11.3. The fourth-order valence-electron chi connectivity index (χ4n) is 2.68. The lowest BCUT2D eigenvalue weighted by Gasteiger charge is -2.28. The molecule has 0 unspecified atom stereocenters. The topological polar surface area (TPSA) is 58.6 Å². The zero-order valence-corrected chi connectivity index (χ0v) is 15.2. The van der Waals surface area contributed by atoms with E-state index in [1.165, 1.54) is 4.90 Å². The lowest BCUT2D eigenvalue weighted by Crippen LogP contribution is -2.47. The fraction of sp³-hybridized carbons (Fsp3) is 0.556. The highest BCUT2D eigenvalue weighted by molar-refractivity contribution is 6.30. The summed E-state index contributed by atoms with van der Waals surface area (Å²) in [4.78, 5) is 26.1. The van der Waals surface area contributed by atoms with Crippen molar-refractivity contribution < 1.29 is 14.3 Å². The Labute approximate surface area is 148 Å². The molecular weight excluding hydrogens is 328 g/mol. The SMILES string of the molecule is CC(C)(C)OC(=O)N1CCC[C@@H]1C(=O)NCCc1ccc(Cl)cc1. The van der Waals surface area contributed by atoms with Gasteiger partial charge in [-0.05, 0) is 57.7 Å². The standard InChI is InChI=1S/C18H25ClN2O3/c1-18(2,3)24-17(23)21-12-4-5-15(21)16(22)20-11-10-13-6-8-14(19)9-7-13/h6-9,15H,4-5,10-12H2,1-3H3,(H,20,22)/t15-/m1/s1. The van der Waals surface area contributed by atoms with Crippen LogP contribution in [0.4, 0.5) is 4.79 Å². The van der Waals surface area contributed by atoms with E-state index in [1.54, 1.807) is 0 Å². The molecule has 1 heterocycles. The summed E-state index contributed by atoms with van der Waals surface area (Å²) in [7, 11) is 0. The first-order valence-corrected chi connectivity index (χ1v) is 8.66. The van der Waals surface area contributed by atoms with E-state index < -0.39 is 17.7 Å². The minimum atomic E-state index is -0.560. The summed E-state index contributed by atoms with van der Waals surface area (Å²) < 4.78 is 5.38. The second-order valence-electron chi connectivity index (χ2n) is 7.00. The third-order valence-electron chi connectivity index (χ3n) is 3.81. The maximum absolute atomic E-state index is 12.4. The summed E-state index contributed by atoms with van der Waals surface area (Å²) >= 11 is 5.85. The number of ether oxygens (including phenoxy) is 1. The molecule has 24 heavy (non-hydrogen) atoms. The predicted molar refractivity (Wildman–Crippen MR) is 94.1 cm³/mol. The Kier molecular flexibility index (Phi) is 6.10. The van der Waals surface area contributed by atoms with Gasteiger partial charge in [-0.25, -0.2) is 4.79 Å². The summed E-state index contributed by atoms with van der Waals surface area (Å²) in [6.45, 7) is 6.55. The van der Waals surface area contributed by atoms with Crippen molar-refractivity contribution in [2.24, 2.45) is 0 Å². The Morgan fingerprint density at radius 3 is 2.58 bits per heavy atom. The largest absolute Gasteiger partial charge is 0.444 e. The number of rotatable bonds is 4. The lowest BCUT2D eigenvalue weighted by atomic mass is 10.1. The lowest BCUT2D eigenvalue weighted by molar-refractivity contribution is -0.125. The Morgan fingerprint density at radius 1 is 1.29 bits per heavy atom. The highest BCUT2D eigenvalue weighted by Crippen LogP contribution is 2.21. The molecule has 1 aliphatic rings. The summed E-state index contributed by atoms with van der Waals surface area (Å²) in [5.41, 5.74) is 0.546. The van der Waals surface area contributed by atoms with Crippen LogP contribution in [-0.4, -0.2) is 41.6 Å². The average molecular weight is 353 g/mol. The molecule has 1 aromatic rings. The van der Waals surface area contributed by atoms with Crippen molar-refractivity contribution >= 4 is 23.6 Å². The molecule has 0 aliphatic carbocycles.